The maximum atomic E-state index is 12.0. The third-order valence-corrected chi connectivity index (χ3v) is 3.71. The molecule has 0 aromatic heterocycles. The molecule has 0 aliphatic rings. The minimum Gasteiger partial charge on any atom is -0.355 e. The van der Waals surface area contributed by atoms with Gasteiger partial charge in [-0.1, -0.05) is 36.4 Å². The second-order valence-electron chi connectivity index (χ2n) is 5.68. The molecule has 0 atom stereocenters. The number of benzene rings is 2. The predicted molar refractivity (Wildman–Crippen MR) is 99.9 cm³/mol. The van der Waals surface area contributed by atoms with Crippen LogP contribution in [0.25, 0.3) is 0 Å². The summed E-state index contributed by atoms with van der Waals surface area (Å²) in [6.45, 7) is 2.02. The van der Waals surface area contributed by atoms with Crippen LogP contribution in [0.15, 0.2) is 48.5 Å². The summed E-state index contributed by atoms with van der Waals surface area (Å²) in [7, 11) is 1.54. The normalized spacial score (nSPS) is 9.92. The summed E-state index contributed by atoms with van der Waals surface area (Å²) in [4.78, 5) is 35.5. The number of aryl methyl sites for hydroxylation is 1. The smallest absolute Gasteiger partial charge is 0.315 e. The van der Waals surface area contributed by atoms with Crippen molar-refractivity contribution in [2.75, 3.05) is 18.9 Å². The highest BCUT2D eigenvalue weighted by molar-refractivity contribution is 5.98. The lowest BCUT2D eigenvalue weighted by Gasteiger charge is -2.11. The van der Waals surface area contributed by atoms with Gasteiger partial charge in [0.05, 0.1) is 6.54 Å². The summed E-state index contributed by atoms with van der Waals surface area (Å²) in [5, 5.41) is 10.4. The molecule has 4 amide bonds. The molecule has 7 nitrogen and oxygen atoms in total. The van der Waals surface area contributed by atoms with Crippen LogP contribution in [0.4, 0.5) is 10.5 Å². The van der Waals surface area contributed by atoms with E-state index in [4.69, 9.17) is 0 Å². The second-order valence-corrected chi connectivity index (χ2v) is 5.68. The van der Waals surface area contributed by atoms with Gasteiger partial charge in [0.1, 0.15) is 0 Å². The van der Waals surface area contributed by atoms with E-state index in [1.54, 1.807) is 25.2 Å². The van der Waals surface area contributed by atoms with Gasteiger partial charge in [-0.15, -0.1) is 0 Å². The number of nitrogens with one attached hydrogen (secondary N) is 4. The van der Waals surface area contributed by atoms with E-state index in [0.29, 0.717) is 17.8 Å². The molecular weight excluding hydrogens is 332 g/mol. The first-order valence-electron chi connectivity index (χ1n) is 8.18. The Morgan fingerprint density at radius 3 is 2.38 bits per heavy atom. The highest BCUT2D eigenvalue weighted by atomic mass is 16.2. The number of amides is 4. The molecule has 4 N–H and O–H groups in total. The maximum Gasteiger partial charge on any atom is 0.315 e. The van der Waals surface area contributed by atoms with E-state index in [-0.39, 0.29) is 18.4 Å². The van der Waals surface area contributed by atoms with Crippen molar-refractivity contribution >= 4 is 23.5 Å². The van der Waals surface area contributed by atoms with Gasteiger partial charge >= 0.3 is 6.03 Å². The molecule has 0 saturated heterocycles. The minimum atomic E-state index is -0.431. The van der Waals surface area contributed by atoms with E-state index in [9.17, 15) is 14.4 Å². The van der Waals surface area contributed by atoms with Crippen molar-refractivity contribution in [2.24, 2.45) is 0 Å². The molecule has 26 heavy (non-hydrogen) atoms. The predicted octanol–water partition coefficient (Wildman–Crippen LogP) is 1.79. The van der Waals surface area contributed by atoms with Crippen LogP contribution in [-0.4, -0.2) is 31.4 Å². The minimum absolute atomic E-state index is 0.176. The van der Waals surface area contributed by atoms with Crippen LogP contribution in [0, 0.1) is 6.92 Å². The van der Waals surface area contributed by atoms with Gasteiger partial charge in [0.15, 0.2) is 0 Å². The summed E-state index contributed by atoms with van der Waals surface area (Å²) in [6, 6.07) is 14.1. The van der Waals surface area contributed by atoms with Gasteiger partial charge in [-0.3, -0.25) is 9.59 Å². The molecule has 0 fully saturated rings. The fourth-order valence-electron chi connectivity index (χ4n) is 2.24. The van der Waals surface area contributed by atoms with Crippen LogP contribution in [0.1, 0.15) is 21.5 Å². The summed E-state index contributed by atoms with van der Waals surface area (Å²) in [6.07, 6.45) is 0. The van der Waals surface area contributed by atoms with Gasteiger partial charge in [0.2, 0.25) is 5.91 Å². The zero-order valence-electron chi connectivity index (χ0n) is 14.8. The van der Waals surface area contributed by atoms with Crippen molar-refractivity contribution < 1.29 is 14.4 Å². The summed E-state index contributed by atoms with van der Waals surface area (Å²) in [5.41, 5.74) is 2.76. The third kappa shape index (κ3) is 5.62. The Hall–Kier alpha value is -3.35. The van der Waals surface area contributed by atoms with Crippen molar-refractivity contribution in [3.05, 3.63) is 65.2 Å². The van der Waals surface area contributed by atoms with Crippen LogP contribution in [-0.2, 0) is 11.3 Å². The molecule has 0 aliphatic carbocycles. The molecule has 136 valence electrons. The van der Waals surface area contributed by atoms with E-state index in [2.05, 4.69) is 21.3 Å². The van der Waals surface area contributed by atoms with Gasteiger partial charge < -0.3 is 21.3 Å². The van der Waals surface area contributed by atoms with E-state index >= 15 is 0 Å². The third-order valence-electron chi connectivity index (χ3n) is 3.71. The highest BCUT2D eigenvalue weighted by Crippen LogP contribution is 2.16. The first kappa shape index (κ1) is 19.0. The monoisotopic (exact) mass is 354 g/mol. The van der Waals surface area contributed by atoms with E-state index in [0.717, 1.165) is 11.1 Å². The number of rotatable bonds is 6. The van der Waals surface area contributed by atoms with Gasteiger partial charge in [-0.25, -0.2) is 4.79 Å². The van der Waals surface area contributed by atoms with Crippen LogP contribution < -0.4 is 21.3 Å². The molecular formula is C19H22N4O3. The molecule has 7 heteroatoms. The Bertz CT molecular complexity index is 791. The number of urea groups is 1. The number of hydrogen-bond donors (Lipinski definition) is 4. The lowest BCUT2D eigenvalue weighted by Crippen LogP contribution is -2.39. The van der Waals surface area contributed by atoms with Crippen molar-refractivity contribution in [3.8, 4) is 0 Å². The van der Waals surface area contributed by atoms with Gasteiger partial charge in [-0.2, -0.15) is 0 Å². The average Bonchev–Trinajstić information content (AvgIpc) is 2.66. The lowest BCUT2D eigenvalue weighted by atomic mass is 10.1. The van der Waals surface area contributed by atoms with Crippen LogP contribution in [0.2, 0.25) is 0 Å². The molecule has 0 bridgehead atoms. The van der Waals surface area contributed by atoms with Crippen molar-refractivity contribution in [1.82, 2.24) is 16.0 Å². The van der Waals surface area contributed by atoms with Crippen LogP contribution >= 0.6 is 0 Å². The van der Waals surface area contributed by atoms with E-state index < -0.39 is 6.03 Å². The molecule has 0 aliphatic heterocycles. The largest absolute Gasteiger partial charge is 0.355 e. The molecule has 0 spiro atoms. The van der Waals surface area contributed by atoms with E-state index in [1.807, 2.05) is 37.3 Å². The quantitative estimate of drug-likeness (QED) is 0.636. The zero-order valence-corrected chi connectivity index (χ0v) is 14.8. The fraction of sp³-hybridized carbons (Fsp3) is 0.211. The van der Waals surface area contributed by atoms with Crippen molar-refractivity contribution in [2.45, 2.75) is 13.5 Å². The van der Waals surface area contributed by atoms with E-state index in [1.165, 1.54) is 0 Å². The number of hydrogen-bond acceptors (Lipinski definition) is 3. The topological polar surface area (TPSA) is 99.3 Å². The maximum absolute atomic E-state index is 12.0. The van der Waals surface area contributed by atoms with Gasteiger partial charge in [0.25, 0.3) is 5.91 Å². The zero-order chi connectivity index (χ0) is 18.9. The molecule has 0 radical (unpaired) electrons. The van der Waals surface area contributed by atoms with Crippen LogP contribution in [0.5, 0.6) is 0 Å². The Labute approximate surface area is 152 Å². The Kier molecular flexibility index (Phi) is 6.73. The Morgan fingerprint density at radius 1 is 0.962 bits per heavy atom. The molecule has 0 heterocycles. The van der Waals surface area contributed by atoms with Gasteiger partial charge in [-0.05, 0) is 30.2 Å². The van der Waals surface area contributed by atoms with Crippen molar-refractivity contribution in [1.29, 1.82) is 0 Å². The molecule has 2 aromatic rings. The number of carbonyl (C=O) groups is 3. The Morgan fingerprint density at radius 2 is 1.69 bits per heavy atom. The first-order chi connectivity index (χ1) is 12.5. The SMILES string of the molecule is CNC(=O)c1ccc(C)c(NC(=O)CNC(=O)NCc2ccccc2)c1. The summed E-state index contributed by atoms with van der Waals surface area (Å²) >= 11 is 0. The van der Waals surface area contributed by atoms with Gasteiger partial charge in [0, 0.05) is 24.8 Å². The molecule has 0 saturated carbocycles. The second kappa shape index (κ2) is 9.22. The molecule has 2 rings (SSSR count). The standard InChI is InChI=1S/C19H22N4O3/c1-13-8-9-15(18(25)20-2)10-16(13)23-17(24)12-22-19(26)21-11-14-6-4-3-5-7-14/h3-10H,11-12H2,1-2H3,(H,20,25)(H,23,24)(H2,21,22,26). The average molecular weight is 354 g/mol. The summed E-state index contributed by atoms with van der Waals surface area (Å²) < 4.78 is 0. The highest BCUT2D eigenvalue weighted by Gasteiger charge is 2.10. The Balaban J connectivity index is 1.83. The molecule has 0 unspecified atom stereocenters. The molecule has 2 aromatic carbocycles. The lowest BCUT2D eigenvalue weighted by molar-refractivity contribution is -0.115. The first-order valence-corrected chi connectivity index (χ1v) is 8.18. The number of carbonyl (C=O) groups excluding carboxylic acids is 3. The van der Waals surface area contributed by atoms with Crippen LogP contribution in [0.3, 0.4) is 0 Å². The number of anilines is 1. The fourth-order valence-corrected chi connectivity index (χ4v) is 2.24. The van der Waals surface area contributed by atoms with Crippen molar-refractivity contribution in [3.63, 3.8) is 0 Å². The summed E-state index contributed by atoms with van der Waals surface area (Å²) in [5.74, 6) is -0.615.